The Kier molecular flexibility index (Phi) is 4.70. The van der Waals surface area contributed by atoms with Crippen LogP contribution in [-0.2, 0) is 6.61 Å². The van der Waals surface area contributed by atoms with Gasteiger partial charge in [-0.05, 0) is 49.2 Å². The van der Waals surface area contributed by atoms with Crippen LogP contribution < -0.4 is 10.2 Å². The summed E-state index contributed by atoms with van der Waals surface area (Å²) in [6.07, 6.45) is 0. The summed E-state index contributed by atoms with van der Waals surface area (Å²) in [6.45, 7) is 4.08. The van der Waals surface area contributed by atoms with Gasteiger partial charge in [0.25, 0.3) is 0 Å². The van der Waals surface area contributed by atoms with Crippen LogP contribution in [0.1, 0.15) is 16.7 Å². The fourth-order valence-corrected chi connectivity index (χ4v) is 3.05. The van der Waals surface area contributed by atoms with E-state index in [4.69, 9.17) is 9.15 Å². The van der Waals surface area contributed by atoms with E-state index in [1.165, 1.54) is 12.1 Å². The van der Waals surface area contributed by atoms with Gasteiger partial charge >= 0.3 is 0 Å². The summed E-state index contributed by atoms with van der Waals surface area (Å²) < 4.78 is 25.1. The first-order chi connectivity index (χ1) is 13.5. The molecule has 0 amide bonds. The Morgan fingerprint density at radius 1 is 0.893 bits per heavy atom. The van der Waals surface area contributed by atoms with Gasteiger partial charge in [0.05, 0.1) is 5.39 Å². The normalized spacial score (nSPS) is 11.0. The molecule has 0 fully saturated rings. The SMILES string of the molecule is Cc1ccc(-c2oc3cc(C)ccc3c(=O)c2OCc2ccc(F)cc2)cc1. The first-order valence-electron chi connectivity index (χ1n) is 9.03. The van der Waals surface area contributed by atoms with Gasteiger partial charge in [0.2, 0.25) is 11.2 Å². The maximum absolute atomic E-state index is 13.1. The molecule has 0 aliphatic carbocycles. The fourth-order valence-electron chi connectivity index (χ4n) is 3.05. The molecule has 0 unspecified atom stereocenters. The molecule has 0 N–H and O–H groups in total. The van der Waals surface area contributed by atoms with Gasteiger partial charge in [-0.1, -0.05) is 48.0 Å². The average Bonchev–Trinajstić information content (AvgIpc) is 2.69. The van der Waals surface area contributed by atoms with Crippen molar-refractivity contribution in [1.82, 2.24) is 0 Å². The molecule has 0 saturated heterocycles. The number of rotatable bonds is 4. The van der Waals surface area contributed by atoms with Crippen LogP contribution in [0.4, 0.5) is 4.39 Å². The Bertz CT molecular complexity index is 1190. The molecule has 1 heterocycles. The van der Waals surface area contributed by atoms with Crippen LogP contribution in [0.15, 0.2) is 75.9 Å². The van der Waals surface area contributed by atoms with Crippen LogP contribution in [0.5, 0.6) is 5.75 Å². The molecule has 28 heavy (non-hydrogen) atoms. The highest BCUT2D eigenvalue weighted by atomic mass is 19.1. The number of halogens is 1. The topological polar surface area (TPSA) is 39.4 Å². The van der Waals surface area contributed by atoms with Crippen molar-refractivity contribution in [1.29, 1.82) is 0 Å². The van der Waals surface area contributed by atoms with Crippen molar-refractivity contribution in [3.8, 4) is 17.1 Å². The standard InChI is InChI=1S/C24H19FO3/c1-15-3-8-18(9-4-15)23-24(27-14-17-6-10-19(25)11-7-17)22(26)20-12-5-16(2)13-21(20)28-23/h3-13H,14H2,1-2H3. The van der Waals surface area contributed by atoms with Gasteiger partial charge < -0.3 is 9.15 Å². The van der Waals surface area contributed by atoms with E-state index in [-0.39, 0.29) is 23.6 Å². The number of ether oxygens (including phenoxy) is 1. The van der Waals surface area contributed by atoms with E-state index in [2.05, 4.69) is 0 Å². The number of benzene rings is 3. The second-order valence-corrected chi connectivity index (χ2v) is 6.87. The highest BCUT2D eigenvalue weighted by Crippen LogP contribution is 2.32. The molecule has 0 spiro atoms. The van der Waals surface area contributed by atoms with Gasteiger partial charge in [0.1, 0.15) is 18.0 Å². The predicted octanol–water partition coefficient (Wildman–Crippen LogP) is 5.79. The Hall–Kier alpha value is -3.40. The van der Waals surface area contributed by atoms with Crippen LogP contribution in [0.3, 0.4) is 0 Å². The number of hydrogen-bond acceptors (Lipinski definition) is 3. The lowest BCUT2D eigenvalue weighted by molar-refractivity contribution is 0.297. The van der Waals surface area contributed by atoms with Crippen molar-refractivity contribution in [2.24, 2.45) is 0 Å². The van der Waals surface area contributed by atoms with E-state index in [0.717, 1.165) is 22.3 Å². The molecular weight excluding hydrogens is 355 g/mol. The summed E-state index contributed by atoms with van der Waals surface area (Å²) in [4.78, 5) is 13.1. The Labute approximate surface area is 162 Å². The Morgan fingerprint density at radius 3 is 2.29 bits per heavy atom. The van der Waals surface area contributed by atoms with Crippen LogP contribution in [0, 0.1) is 19.7 Å². The summed E-state index contributed by atoms with van der Waals surface area (Å²) in [6, 6.07) is 19.2. The highest BCUT2D eigenvalue weighted by Gasteiger charge is 2.18. The van der Waals surface area contributed by atoms with Crippen molar-refractivity contribution in [3.63, 3.8) is 0 Å². The molecule has 1 aromatic heterocycles. The van der Waals surface area contributed by atoms with Gasteiger partial charge in [-0.25, -0.2) is 4.39 Å². The maximum atomic E-state index is 13.1. The van der Waals surface area contributed by atoms with Crippen LogP contribution >= 0.6 is 0 Å². The fraction of sp³-hybridized carbons (Fsp3) is 0.125. The quantitative estimate of drug-likeness (QED) is 0.453. The largest absolute Gasteiger partial charge is 0.481 e. The number of fused-ring (bicyclic) bond motifs is 1. The number of aryl methyl sites for hydroxylation is 2. The molecule has 0 saturated carbocycles. The molecule has 3 aromatic carbocycles. The van der Waals surface area contributed by atoms with Gasteiger partial charge in [-0.15, -0.1) is 0 Å². The minimum absolute atomic E-state index is 0.140. The van der Waals surface area contributed by atoms with E-state index in [9.17, 15) is 9.18 Å². The third-order valence-corrected chi connectivity index (χ3v) is 4.62. The minimum atomic E-state index is -0.315. The Balaban J connectivity index is 1.84. The molecule has 0 radical (unpaired) electrons. The summed E-state index contributed by atoms with van der Waals surface area (Å²) in [5.74, 6) is 0.236. The smallest absolute Gasteiger partial charge is 0.235 e. The molecule has 0 aliphatic heterocycles. The van der Waals surface area contributed by atoms with Crippen LogP contribution in [0.25, 0.3) is 22.3 Å². The molecule has 4 aromatic rings. The van der Waals surface area contributed by atoms with Gasteiger partial charge in [-0.2, -0.15) is 0 Å². The minimum Gasteiger partial charge on any atom is -0.481 e. The first kappa shape index (κ1) is 18.0. The summed E-state index contributed by atoms with van der Waals surface area (Å²) in [7, 11) is 0. The molecule has 0 aliphatic rings. The molecule has 0 atom stereocenters. The molecule has 0 bridgehead atoms. The van der Waals surface area contributed by atoms with Crippen molar-refractivity contribution < 1.29 is 13.5 Å². The lowest BCUT2D eigenvalue weighted by Gasteiger charge is -2.12. The monoisotopic (exact) mass is 374 g/mol. The molecule has 4 rings (SSSR count). The zero-order valence-corrected chi connectivity index (χ0v) is 15.7. The molecular formula is C24H19FO3. The van der Waals surface area contributed by atoms with E-state index in [0.29, 0.717) is 16.7 Å². The van der Waals surface area contributed by atoms with Crippen molar-refractivity contribution in [2.45, 2.75) is 20.5 Å². The first-order valence-corrected chi connectivity index (χ1v) is 9.03. The predicted molar refractivity (Wildman–Crippen MR) is 108 cm³/mol. The highest BCUT2D eigenvalue weighted by molar-refractivity contribution is 5.82. The second-order valence-electron chi connectivity index (χ2n) is 6.87. The van der Waals surface area contributed by atoms with Crippen LogP contribution in [-0.4, -0.2) is 0 Å². The van der Waals surface area contributed by atoms with Crippen molar-refractivity contribution in [2.75, 3.05) is 0 Å². The van der Waals surface area contributed by atoms with Gasteiger partial charge in [0, 0.05) is 5.56 Å². The molecule has 140 valence electrons. The van der Waals surface area contributed by atoms with Crippen molar-refractivity contribution in [3.05, 3.63) is 99.5 Å². The molecule has 4 heteroatoms. The van der Waals surface area contributed by atoms with Crippen LogP contribution in [0.2, 0.25) is 0 Å². The second kappa shape index (κ2) is 7.31. The van der Waals surface area contributed by atoms with E-state index < -0.39 is 0 Å². The summed E-state index contributed by atoms with van der Waals surface area (Å²) in [5.41, 5.74) is 3.94. The maximum Gasteiger partial charge on any atom is 0.235 e. The lowest BCUT2D eigenvalue weighted by Crippen LogP contribution is -2.10. The summed E-state index contributed by atoms with van der Waals surface area (Å²) in [5, 5.41) is 0.468. The van der Waals surface area contributed by atoms with E-state index in [1.54, 1.807) is 18.2 Å². The zero-order valence-electron chi connectivity index (χ0n) is 15.7. The van der Waals surface area contributed by atoms with E-state index >= 15 is 0 Å². The van der Waals surface area contributed by atoms with Gasteiger partial charge in [0.15, 0.2) is 5.76 Å². The van der Waals surface area contributed by atoms with Gasteiger partial charge in [-0.3, -0.25) is 4.79 Å². The van der Waals surface area contributed by atoms with Crippen molar-refractivity contribution >= 4 is 11.0 Å². The average molecular weight is 374 g/mol. The Morgan fingerprint density at radius 2 is 1.57 bits per heavy atom. The molecule has 3 nitrogen and oxygen atoms in total. The third kappa shape index (κ3) is 3.54. The van der Waals surface area contributed by atoms with E-state index in [1.807, 2.05) is 50.2 Å². The lowest BCUT2D eigenvalue weighted by atomic mass is 10.1. The zero-order chi connectivity index (χ0) is 19.7. The number of hydrogen-bond donors (Lipinski definition) is 0. The summed E-state index contributed by atoms with van der Waals surface area (Å²) >= 11 is 0. The third-order valence-electron chi connectivity index (χ3n) is 4.62.